The van der Waals surface area contributed by atoms with Gasteiger partial charge in [0, 0.05) is 24.3 Å². The maximum atomic E-state index is 12.8. The predicted octanol–water partition coefficient (Wildman–Crippen LogP) is 6.95. The van der Waals surface area contributed by atoms with Crippen LogP contribution in [0.1, 0.15) is 72.7 Å². The van der Waals surface area contributed by atoms with E-state index in [1.165, 1.54) is 0 Å². The molecule has 156 valence electrons. The maximum Gasteiger partial charge on any atom is 0.434 e. The van der Waals surface area contributed by atoms with Crippen molar-refractivity contribution >= 4 is 0 Å². The van der Waals surface area contributed by atoms with E-state index in [-0.39, 0.29) is 6.04 Å². The van der Waals surface area contributed by atoms with Gasteiger partial charge in [-0.1, -0.05) is 65.8 Å². The normalized spacial score (nSPS) is 10.1. The summed E-state index contributed by atoms with van der Waals surface area (Å²) in [4.78, 5) is 3.77. The minimum atomic E-state index is -4.43. The summed E-state index contributed by atoms with van der Waals surface area (Å²) >= 11 is 0. The molecule has 1 aromatic heterocycles. The molecule has 0 fully saturated rings. The van der Waals surface area contributed by atoms with E-state index in [0.29, 0.717) is 17.9 Å². The molecule has 1 aromatic carbocycles. The van der Waals surface area contributed by atoms with Crippen molar-refractivity contribution in [1.82, 2.24) is 14.9 Å². The van der Waals surface area contributed by atoms with Crippen LogP contribution in [0.25, 0.3) is 11.4 Å². The number of nitrogens with one attached hydrogen (secondary N) is 1. The highest BCUT2D eigenvalue weighted by Crippen LogP contribution is 2.32. The van der Waals surface area contributed by atoms with Crippen molar-refractivity contribution in [3.8, 4) is 11.4 Å². The topological polar surface area (TPSA) is 29.9 Å². The van der Waals surface area contributed by atoms with Gasteiger partial charge in [0.25, 0.3) is 0 Å². The monoisotopic (exact) mass is 387 g/mol. The van der Waals surface area contributed by atoms with Gasteiger partial charge in [-0.05, 0) is 26.5 Å². The Morgan fingerprint density at radius 3 is 1.81 bits per heavy atom. The summed E-state index contributed by atoms with van der Waals surface area (Å²) in [6.45, 7) is 16.4. The molecule has 0 radical (unpaired) electrons. The molecule has 2 aromatic rings. The summed E-state index contributed by atoms with van der Waals surface area (Å²) in [7, 11) is 1.84. The molecule has 3 nitrogen and oxygen atoms in total. The highest BCUT2D eigenvalue weighted by Gasteiger charge is 2.35. The second kappa shape index (κ2) is 14.3. The molecule has 2 rings (SSSR count). The molecular weight excluding hydrogens is 351 g/mol. The van der Waals surface area contributed by atoms with Crippen LogP contribution in [0, 0.1) is 0 Å². The minimum absolute atomic E-state index is 0.0967. The van der Waals surface area contributed by atoms with Crippen molar-refractivity contribution in [2.24, 2.45) is 0 Å². The van der Waals surface area contributed by atoms with Gasteiger partial charge >= 0.3 is 6.18 Å². The van der Waals surface area contributed by atoms with Crippen molar-refractivity contribution < 1.29 is 13.2 Å². The Kier molecular flexibility index (Phi) is 14.5. The number of benzene rings is 1. The van der Waals surface area contributed by atoms with E-state index in [1.54, 1.807) is 16.7 Å². The van der Waals surface area contributed by atoms with Crippen LogP contribution in [0.2, 0.25) is 0 Å². The number of hydrogen-bond acceptors (Lipinski definition) is 2. The van der Waals surface area contributed by atoms with E-state index in [9.17, 15) is 13.2 Å². The predicted molar refractivity (Wildman–Crippen MR) is 110 cm³/mol. The molecule has 0 saturated carbocycles. The highest BCUT2D eigenvalue weighted by atomic mass is 19.4. The number of rotatable bonds is 4. The molecule has 1 N–H and O–H groups in total. The zero-order valence-electron chi connectivity index (χ0n) is 18.2. The molecular formula is C21H36F3N3. The summed E-state index contributed by atoms with van der Waals surface area (Å²) in [5.41, 5.74) is 0.893. The van der Waals surface area contributed by atoms with Crippen molar-refractivity contribution in [1.29, 1.82) is 0 Å². The second-order valence-electron chi connectivity index (χ2n) is 5.18. The third-order valence-corrected chi connectivity index (χ3v) is 3.17. The van der Waals surface area contributed by atoms with E-state index in [0.717, 1.165) is 11.8 Å². The molecule has 6 heteroatoms. The van der Waals surface area contributed by atoms with Crippen LogP contribution < -0.4 is 5.32 Å². The summed E-state index contributed by atoms with van der Waals surface area (Å²) in [5.74, 6) is 0.341. The quantitative estimate of drug-likeness (QED) is 0.615. The molecule has 27 heavy (non-hydrogen) atoms. The van der Waals surface area contributed by atoms with E-state index in [2.05, 4.69) is 10.3 Å². The molecule has 0 aliphatic carbocycles. The Morgan fingerprint density at radius 1 is 0.963 bits per heavy atom. The van der Waals surface area contributed by atoms with E-state index in [1.807, 2.05) is 74.6 Å². The molecule has 0 atom stereocenters. The summed E-state index contributed by atoms with van der Waals surface area (Å²) in [6, 6.07) is 7.28. The maximum absolute atomic E-state index is 12.8. The second-order valence-corrected chi connectivity index (χ2v) is 5.18. The molecule has 0 saturated heterocycles. The lowest BCUT2D eigenvalue weighted by atomic mass is 10.1. The zero-order chi connectivity index (χ0) is 21.6. The Hall–Kier alpha value is -1.82. The standard InChI is InChI=1S/C15H18F3N3.3C2H6/c1-10(2)21-9-13(15(16,17)18)20-14(21)12-6-4-11(5-7-12)8-19-3;3*1-2/h4-7,9-10,19H,8H2,1-3H3;3*1-2H3. The van der Waals surface area contributed by atoms with Crippen molar-refractivity contribution in [2.75, 3.05) is 7.05 Å². The lowest BCUT2D eigenvalue weighted by molar-refractivity contribution is -0.140. The average Bonchev–Trinajstić information content (AvgIpc) is 3.14. The van der Waals surface area contributed by atoms with Crippen LogP contribution in [0.5, 0.6) is 0 Å². The largest absolute Gasteiger partial charge is 0.434 e. The van der Waals surface area contributed by atoms with E-state index >= 15 is 0 Å². The zero-order valence-corrected chi connectivity index (χ0v) is 18.2. The Balaban J connectivity index is 0. The van der Waals surface area contributed by atoms with Crippen LogP contribution in [0.3, 0.4) is 0 Å². The first-order valence-corrected chi connectivity index (χ1v) is 9.73. The van der Waals surface area contributed by atoms with Gasteiger partial charge in [-0.25, -0.2) is 4.98 Å². The van der Waals surface area contributed by atoms with Gasteiger partial charge in [0.05, 0.1) is 0 Å². The van der Waals surface area contributed by atoms with Gasteiger partial charge in [-0.3, -0.25) is 0 Å². The summed E-state index contributed by atoms with van der Waals surface area (Å²) in [6.07, 6.45) is -3.36. The smallest absolute Gasteiger partial charge is 0.328 e. The molecule has 0 spiro atoms. The number of nitrogens with zero attached hydrogens (tertiary/aromatic N) is 2. The summed E-state index contributed by atoms with van der Waals surface area (Å²) in [5, 5.41) is 3.03. The van der Waals surface area contributed by atoms with Crippen molar-refractivity contribution in [3.05, 3.63) is 41.7 Å². The fourth-order valence-corrected chi connectivity index (χ4v) is 2.11. The Bertz CT molecular complexity index is 600. The first-order valence-electron chi connectivity index (χ1n) is 9.73. The van der Waals surface area contributed by atoms with Crippen molar-refractivity contribution in [2.45, 2.75) is 74.2 Å². The fourth-order valence-electron chi connectivity index (χ4n) is 2.11. The van der Waals surface area contributed by atoms with Crippen LogP contribution >= 0.6 is 0 Å². The first-order chi connectivity index (χ1) is 12.8. The average molecular weight is 388 g/mol. The lowest BCUT2D eigenvalue weighted by Gasteiger charge is -2.11. The van der Waals surface area contributed by atoms with Crippen LogP contribution in [-0.4, -0.2) is 16.6 Å². The fraction of sp³-hybridized carbons (Fsp3) is 0.571. The van der Waals surface area contributed by atoms with Gasteiger partial charge in [-0.2, -0.15) is 13.2 Å². The molecule has 0 bridgehead atoms. The molecule has 0 amide bonds. The third kappa shape index (κ3) is 8.61. The van der Waals surface area contributed by atoms with E-state index in [4.69, 9.17) is 0 Å². The molecule has 0 aliphatic heterocycles. The Morgan fingerprint density at radius 2 is 1.44 bits per heavy atom. The van der Waals surface area contributed by atoms with Crippen LogP contribution in [-0.2, 0) is 12.7 Å². The first kappa shape index (κ1) is 27.4. The van der Waals surface area contributed by atoms with E-state index < -0.39 is 11.9 Å². The van der Waals surface area contributed by atoms with Gasteiger partial charge in [0.2, 0.25) is 0 Å². The SMILES string of the molecule is CC.CC.CC.CNCc1ccc(-c2nc(C(F)(F)F)cn2C(C)C)cc1. The minimum Gasteiger partial charge on any atom is -0.328 e. The van der Waals surface area contributed by atoms with Crippen molar-refractivity contribution in [3.63, 3.8) is 0 Å². The number of imidazole rings is 1. The number of alkyl halides is 3. The third-order valence-electron chi connectivity index (χ3n) is 3.17. The molecule has 0 unspecified atom stereocenters. The molecule has 1 heterocycles. The molecule has 0 aliphatic rings. The number of aromatic nitrogens is 2. The summed E-state index contributed by atoms with van der Waals surface area (Å²) < 4.78 is 40.1. The van der Waals surface area contributed by atoms with Crippen LogP contribution in [0.15, 0.2) is 30.5 Å². The van der Waals surface area contributed by atoms with Crippen LogP contribution in [0.4, 0.5) is 13.2 Å². The number of hydrogen-bond donors (Lipinski definition) is 1. The van der Waals surface area contributed by atoms with Gasteiger partial charge in [-0.15, -0.1) is 0 Å². The van der Waals surface area contributed by atoms with Gasteiger partial charge < -0.3 is 9.88 Å². The highest BCUT2D eigenvalue weighted by molar-refractivity contribution is 5.57. The van der Waals surface area contributed by atoms with Gasteiger partial charge in [0.15, 0.2) is 5.69 Å². The van der Waals surface area contributed by atoms with Gasteiger partial charge in [0.1, 0.15) is 5.82 Å². The lowest BCUT2D eigenvalue weighted by Crippen LogP contribution is -2.05. The number of halogens is 3. The Labute approximate surface area is 163 Å².